The van der Waals surface area contributed by atoms with Crippen molar-refractivity contribution in [1.82, 2.24) is 18.9 Å². The summed E-state index contributed by atoms with van der Waals surface area (Å²) in [5.41, 5.74) is 3.42. The van der Waals surface area contributed by atoms with Gasteiger partial charge < -0.3 is 14.2 Å². The number of carbonyl (C=O) groups excluding carboxylic acids is 1. The monoisotopic (exact) mass is 432 g/mol. The molecule has 7 nitrogen and oxygen atoms in total. The van der Waals surface area contributed by atoms with Crippen LogP contribution in [0.2, 0.25) is 0 Å². The van der Waals surface area contributed by atoms with E-state index in [1.807, 2.05) is 60.9 Å². The predicted octanol–water partition coefficient (Wildman–Crippen LogP) is 3.66. The molecule has 0 N–H and O–H groups in total. The van der Waals surface area contributed by atoms with Crippen molar-refractivity contribution in [3.8, 4) is 0 Å². The van der Waals surface area contributed by atoms with Gasteiger partial charge in [0.2, 0.25) is 0 Å². The fourth-order valence-electron chi connectivity index (χ4n) is 4.02. The van der Waals surface area contributed by atoms with Gasteiger partial charge in [-0.1, -0.05) is 36.4 Å². The average Bonchev–Trinajstić information content (AvgIpc) is 3.17. The molecule has 0 aliphatic heterocycles. The number of pyridine rings is 1. The minimum Gasteiger partial charge on any atom is -0.385 e. The Morgan fingerprint density at radius 1 is 1.12 bits per heavy atom. The molecule has 0 radical (unpaired) electrons. The van der Waals surface area contributed by atoms with Gasteiger partial charge in [0.1, 0.15) is 17.0 Å². The Labute approximate surface area is 186 Å². The second-order valence-corrected chi connectivity index (χ2v) is 7.87. The lowest BCUT2D eigenvalue weighted by molar-refractivity contribution is 0.0741. The molecule has 0 spiro atoms. The summed E-state index contributed by atoms with van der Waals surface area (Å²) in [7, 11) is 1.65. The van der Waals surface area contributed by atoms with Gasteiger partial charge in [-0.15, -0.1) is 0 Å². The molecule has 7 heteroatoms. The molecule has 0 fully saturated rings. The fraction of sp³-hybridized carbons (Fsp3) is 0.320. The SMILES string of the molecule is CCN(Cc1ccccc1)C(=O)c1cc2c(=O)n3cccc(C)c3nc2n1CCCOC. The molecule has 0 unspecified atom stereocenters. The molecule has 0 saturated carbocycles. The molecule has 0 aliphatic rings. The van der Waals surface area contributed by atoms with Gasteiger partial charge in [0, 0.05) is 39.5 Å². The van der Waals surface area contributed by atoms with Gasteiger partial charge in [-0.05, 0) is 43.5 Å². The standard InChI is InChI=1S/C25H28N4O3/c1-4-27(17-19-11-6-5-7-12-19)25(31)21-16-20-23(28(21)14-9-15-32-3)26-22-18(2)10-8-13-29(22)24(20)30/h5-8,10-13,16H,4,9,14-15,17H2,1-3H3. The Balaban J connectivity index is 1.84. The van der Waals surface area contributed by atoms with Crippen molar-refractivity contribution in [3.63, 3.8) is 0 Å². The molecule has 1 aromatic carbocycles. The summed E-state index contributed by atoms with van der Waals surface area (Å²) in [6.07, 6.45) is 2.43. The number of ether oxygens (including phenoxy) is 1. The molecule has 0 atom stereocenters. The number of hydrogen-bond acceptors (Lipinski definition) is 4. The molecule has 3 aromatic heterocycles. The lowest BCUT2D eigenvalue weighted by Gasteiger charge is -2.22. The highest BCUT2D eigenvalue weighted by molar-refractivity contribution is 5.98. The smallest absolute Gasteiger partial charge is 0.270 e. The number of aryl methyl sites for hydroxylation is 2. The third kappa shape index (κ3) is 4.03. The quantitative estimate of drug-likeness (QED) is 0.399. The largest absolute Gasteiger partial charge is 0.385 e. The zero-order chi connectivity index (χ0) is 22.7. The van der Waals surface area contributed by atoms with Gasteiger partial charge in [0.05, 0.1) is 5.39 Å². The molecule has 4 aromatic rings. The molecular weight excluding hydrogens is 404 g/mol. The van der Waals surface area contributed by atoms with E-state index in [1.165, 1.54) is 0 Å². The highest BCUT2D eigenvalue weighted by Crippen LogP contribution is 2.21. The molecular formula is C25H28N4O3. The average molecular weight is 433 g/mol. The van der Waals surface area contributed by atoms with Crippen molar-refractivity contribution in [2.75, 3.05) is 20.3 Å². The van der Waals surface area contributed by atoms with Crippen LogP contribution in [0.5, 0.6) is 0 Å². The van der Waals surface area contributed by atoms with Crippen LogP contribution in [-0.2, 0) is 17.8 Å². The van der Waals surface area contributed by atoms with Crippen LogP contribution in [0.15, 0.2) is 59.5 Å². The Morgan fingerprint density at radius 3 is 2.62 bits per heavy atom. The van der Waals surface area contributed by atoms with Crippen LogP contribution in [0.25, 0.3) is 16.7 Å². The van der Waals surface area contributed by atoms with E-state index in [4.69, 9.17) is 9.72 Å². The number of nitrogens with zero attached hydrogens (tertiary/aromatic N) is 4. The number of fused-ring (bicyclic) bond motifs is 2. The number of rotatable bonds is 8. The van der Waals surface area contributed by atoms with E-state index in [0.29, 0.717) is 55.0 Å². The van der Waals surface area contributed by atoms with E-state index >= 15 is 0 Å². The summed E-state index contributed by atoms with van der Waals surface area (Å²) in [6, 6.07) is 15.4. The van der Waals surface area contributed by atoms with Gasteiger partial charge in [-0.2, -0.15) is 0 Å². The third-order valence-electron chi connectivity index (χ3n) is 5.73. The van der Waals surface area contributed by atoms with E-state index in [0.717, 1.165) is 11.1 Å². The van der Waals surface area contributed by atoms with E-state index in [2.05, 4.69) is 0 Å². The number of benzene rings is 1. The van der Waals surface area contributed by atoms with Gasteiger partial charge in [0.25, 0.3) is 11.5 Å². The normalized spacial score (nSPS) is 11.3. The van der Waals surface area contributed by atoms with E-state index in [9.17, 15) is 9.59 Å². The Bertz CT molecular complexity index is 1310. The Hall–Kier alpha value is -3.45. The number of aromatic nitrogens is 3. The maximum atomic E-state index is 13.6. The molecule has 1 amide bonds. The van der Waals surface area contributed by atoms with Crippen LogP contribution < -0.4 is 5.56 Å². The Morgan fingerprint density at radius 2 is 1.91 bits per heavy atom. The summed E-state index contributed by atoms with van der Waals surface area (Å²) >= 11 is 0. The van der Waals surface area contributed by atoms with E-state index in [1.54, 1.807) is 28.7 Å². The van der Waals surface area contributed by atoms with Crippen molar-refractivity contribution in [1.29, 1.82) is 0 Å². The maximum Gasteiger partial charge on any atom is 0.270 e. The highest BCUT2D eigenvalue weighted by Gasteiger charge is 2.23. The van der Waals surface area contributed by atoms with Crippen molar-refractivity contribution in [2.24, 2.45) is 0 Å². The third-order valence-corrected chi connectivity index (χ3v) is 5.73. The molecule has 32 heavy (non-hydrogen) atoms. The molecule has 0 bridgehead atoms. The number of amides is 1. The fourth-order valence-corrected chi connectivity index (χ4v) is 4.02. The summed E-state index contributed by atoms with van der Waals surface area (Å²) in [6.45, 7) is 6.04. The second-order valence-electron chi connectivity index (χ2n) is 7.87. The minimum atomic E-state index is -0.167. The lowest BCUT2D eigenvalue weighted by atomic mass is 10.2. The van der Waals surface area contributed by atoms with Crippen LogP contribution in [-0.4, -0.2) is 45.0 Å². The Kier molecular flexibility index (Phi) is 6.37. The lowest BCUT2D eigenvalue weighted by Crippen LogP contribution is -2.32. The van der Waals surface area contributed by atoms with Crippen molar-refractivity contribution >= 4 is 22.6 Å². The van der Waals surface area contributed by atoms with E-state index < -0.39 is 0 Å². The summed E-state index contributed by atoms with van der Waals surface area (Å²) in [5, 5.41) is 0.449. The van der Waals surface area contributed by atoms with E-state index in [-0.39, 0.29) is 11.5 Å². The number of hydrogen-bond donors (Lipinski definition) is 0. The minimum absolute atomic E-state index is 0.114. The summed E-state index contributed by atoms with van der Waals surface area (Å²) < 4.78 is 8.64. The first-order valence-electron chi connectivity index (χ1n) is 10.9. The van der Waals surface area contributed by atoms with Crippen molar-refractivity contribution in [3.05, 3.63) is 81.9 Å². The van der Waals surface area contributed by atoms with Crippen LogP contribution in [0.3, 0.4) is 0 Å². The first kappa shape index (κ1) is 21.8. The zero-order valence-electron chi connectivity index (χ0n) is 18.7. The first-order chi connectivity index (χ1) is 15.5. The number of methoxy groups -OCH3 is 1. The molecule has 4 rings (SSSR count). The maximum absolute atomic E-state index is 13.6. The van der Waals surface area contributed by atoms with Crippen LogP contribution in [0, 0.1) is 6.92 Å². The van der Waals surface area contributed by atoms with Crippen molar-refractivity contribution < 1.29 is 9.53 Å². The van der Waals surface area contributed by atoms with Crippen LogP contribution in [0.1, 0.15) is 35.0 Å². The summed E-state index contributed by atoms with van der Waals surface area (Å²) in [5.74, 6) is -0.114. The van der Waals surface area contributed by atoms with Gasteiger partial charge >= 0.3 is 0 Å². The second kappa shape index (κ2) is 9.36. The molecule has 3 heterocycles. The first-order valence-corrected chi connectivity index (χ1v) is 10.9. The van der Waals surface area contributed by atoms with Crippen LogP contribution in [0.4, 0.5) is 0 Å². The van der Waals surface area contributed by atoms with Gasteiger partial charge in [-0.25, -0.2) is 4.98 Å². The predicted molar refractivity (Wildman–Crippen MR) is 125 cm³/mol. The van der Waals surface area contributed by atoms with Crippen molar-refractivity contribution in [2.45, 2.75) is 33.4 Å². The molecule has 166 valence electrons. The van der Waals surface area contributed by atoms with Crippen LogP contribution >= 0.6 is 0 Å². The highest BCUT2D eigenvalue weighted by atomic mass is 16.5. The number of carbonyl (C=O) groups is 1. The van der Waals surface area contributed by atoms with Gasteiger partial charge in [-0.3, -0.25) is 14.0 Å². The topological polar surface area (TPSA) is 68.8 Å². The molecule has 0 saturated heterocycles. The van der Waals surface area contributed by atoms with Gasteiger partial charge in [0.15, 0.2) is 0 Å². The summed E-state index contributed by atoms with van der Waals surface area (Å²) in [4.78, 5) is 33.5. The zero-order valence-corrected chi connectivity index (χ0v) is 18.7. The molecule has 0 aliphatic carbocycles.